The van der Waals surface area contributed by atoms with Crippen LogP contribution in [0.1, 0.15) is 82.5 Å². The molecule has 73 heavy (non-hydrogen) atoms. The molecule has 9 rings (SSSR count). The van der Waals surface area contributed by atoms with Gasteiger partial charge in [0.1, 0.15) is 25.3 Å². The molecular formula is C55H55N7O11. The molecule has 0 aromatic heterocycles. The van der Waals surface area contributed by atoms with Gasteiger partial charge in [-0.2, -0.15) is 0 Å². The highest BCUT2D eigenvalue weighted by Gasteiger charge is 2.38. The summed E-state index contributed by atoms with van der Waals surface area (Å²) in [4.78, 5) is 91.9. The third-order valence-corrected chi connectivity index (χ3v) is 13.2. The predicted molar refractivity (Wildman–Crippen MR) is 273 cm³/mol. The molecule has 4 aliphatic rings. The fourth-order valence-corrected chi connectivity index (χ4v) is 9.39. The van der Waals surface area contributed by atoms with E-state index in [4.69, 9.17) is 28.9 Å². The molecule has 3 N–H and O–H groups in total. The summed E-state index contributed by atoms with van der Waals surface area (Å²) in [5, 5.41) is 8.19. The van der Waals surface area contributed by atoms with Crippen LogP contribution in [0.2, 0.25) is 0 Å². The minimum Gasteiger partial charge on any atom is -0.493 e. The fraction of sp³-hybridized carbons (Fsp3) is 0.309. The molecule has 376 valence electrons. The third kappa shape index (κ3) is 10.6. The molecule has 0 aliphatic carbocycles. The lowest BCUT2D eigenvalue weighted by Gasteiger charge is -2.22. The maximum atomic E-state index is 14.1. The van der Waals surface area contributed by atoms with Gasteiger partial charge in [-0.1, -0.05) is 36.4 Å². The Kier molecular flexibility index (Phi) is 14.5. The standard InChI is InChI=1S/C55H55N7O11/c1-31(58-50(63)16-10-11-17-51(64)71-5)52(65)59-32(2)53(66)60-37-19-33(29-72-48-25-42-40(23-46(48)69-3)54(67)61-38(27-56-42)21-35-12-6-8-14-44(35)61)18-34(20-37)30-73-49-26-43-41(24-47(49)70-4)55(68)62-39(28-57-43)22-36-13-7-9-15-45(36)62/h6-9,12-15,18-20,23-28,31-32,38-39H,10-11,16-17,21-22,29-30H2,1-5H3,(H,58,63)(H,59,65)(H,60,66)/t31-,32+,38-,39-/m0/s1. The van der Waals surface area contributed by atoms with Crippen LogP contribution in [-0.4, -0.2) is 93.4 Å². The molecule has 0 saturated carbocycles. The first-order valence-corrected chi connectivity index (χ1v) is 24.0. The summed E-state index contributed by atoms with van der Waals surface area (Å²) < 4.78 is 28.9. The van der Waals surface area contributed by atoms with Crippen LogP contribution >= 0.6 is 0 Å². The molecule has 5 amide bonds. The normalized spacial score (nSPS) is 16.5. The molecule has 0 spiro atoms. The van der Waals surface area contributed by atoms with E-state index in [1.165, 1.54) is 35.2 Å². The Labute approximate surface area is 421 Å². The van der Waals surface area contributed by atoms with Gasteiger partial charge in [0, 0.05) is 67.3 Å². The number of unbranched alkanes of at least 4 members (excludes halogenated alkanes) is 1. The smallest absolute Gasteiger partial charge is 0.305 e. The van der Waals surface area contributed by atoms with Gasteiger partial charge in [0.15, 0.2) is 23.0 Å². The van der Waals surface area contributed by atoms with Gasteiger partial charge in [-0.25, -0.2) is 0 Å². The average Bonchev–Trinajstić information content (AvgIpc) is 3.89. The quantitative estimate of drug-likeness (QED) is 0.0594. The zero-order valence-corrected chi connectivity index (χ0v) is 41.1. The summed E-state index contributed by atoms with van der Waals surface area (Å²) in [5.74, 6) is -0.971. The van der Waals surface area contributed by atoms with Gasteiger partial charge in [0.2, 0.25) is 17.7 Å². The van der Waals surface area contributed by atoms with Crippen LogP contribution in [-0.2, 0) is 50.0 Å². The van der Waals surface area contributed by atoms with Crippen molar-refractivity contribution < 1.29 is 52.5 Å². The molecule has 4 atom stereocenters. The van der Waals surface area contributed by atoms with Crippen molar-refractivity contribution >= 4 is 76.4 Å². The van der Waals surface area contributed by atoms with Crippen LogP contribution in [0.25, 0.3) is 0 Å². The molecule has 18 heteroatoms. The van der Waals surface area contributed by atoms with Crippen molar-refractivity contribution in [3.8, 4) is 23.0 Å². The van der Waals surface area contributed by atoms with Crippen molar-refractivity contribution in [1.82, 2.24) is 10.6 Å². The topological polar surface area (TPSA) is 216 Å². The number of hydrogen-bond acceptors (Lipinski definition) is 13. The maximum Gasteiger partial charge on any atom is 0.305 e. The number of aliphatic imine (C=N–C) groups is 2. The summed E-state index contributed by atoms with van der Waals surface area (Å²) in [6.45, 7) is 2.97. The molecule has 5 aromatic carbocycles. The van der Waals surface area contributed by atoms with Gasteiger partial charge < -0.3 is 39.6 Å². The zero-order valence-electron chi connectivity index (χ0n) is 41.1. The van der Waals surface area contributed by atoms with E-state index in [1.807, 2.05) is 54.6 Å². The second-order valence-corrected chi connectivity index (χ2v) is 18.2. The van der Waals surface area contributed by atoms with Gasteiger partial charge >= 0.3 is 5.97 Å². The van der Waals surface area contributed by atoms with Crippen LogP contribution in [0, 0.1) is 0 Å². The Morgan fingerprint density at radius 1 is 0.616 bits per heavy atom. The predicted octanol–water partition coefficient (Wildman–Crippen LogP) is 7.12. The Hall–Kier alpha value is -8.54. The number of nitrogens with zero attached hydrogens (tertiary/aromatic N) is 4. The number of rotatable bonds is 18. The Morgan fingerprint density at radius 3 is 1.62 bits per heavy atom. The Balaban J connectivity index is 0.934. The molecule has 4 heterocycles. The summed E-state index contributed by atoms with van der Waals surface area (Å²) in [6, 6.07) is 25.0. The molecule has 4 aliphatic heterocycles. The SMILES string of the molecule is COC(=O)CCCCC(=O)N[C@@H](C)C(=O)N[C@H](C)C(=O)Nc1cc(COc2cc3c(cc2OC)C(=O)N2c4ccccc4C[C@H]2C=N3)cc(COc2cc3c(cc2OC)C(=O)N2c4ccccc4C[C@H]2C=N3)c1. The van der Waals surface area contributed by atoms with Gasteiger partial charge in [-0.05, 0) is 91.4 Å². The molecule has 0 fully saturated rings. The van der Waals surface area contributed by atoms with Crippen molar-refractivity contribution in [2.24, 2.45) is 9.98 Å². The van der Waals surface area contributed by atoms with E-state index >= 15 is 0 Å². The molecule has 0 radical (unpaired) electrons. The number of nitrogens with one attached hydrogen (secondary N) is 3. The first kappa shape index (κ1) is 49.4. The number of benzene rings is 5. The van der Waals surface area contributed by atoms with Gasteiger partial charge in [0.05, 0.1) is 55.9 Å². The van der Waals surface area contributed by atoms with E-state index in [1.54, 1.807) is 58.6 Å². The van der Waals surface area contributed by atoms with E-state index in [2.05, 4.69) is 20.7 Å². The second-order valence-electron chi connectivity index (χ2n) is 18.2. The third-order valence-electron chi connectivity index (χ3n) is 13.2. The minimum absolute atomic E-state index is 0.0301. The number of methoxy groups -OCH3 is 3. The van der Waals surface area contributed by atoms with Crippen LogP contribution < -0.4 is 44.7 Å². The lowest BCUT2D eigenvalue weighted by molar-refractivity contribution is -0.140. The highest BCUT2D eigenvalue weighted by molar-refractivity contribution is 6.16. The van der Waals surface area contributed by atoms with Crippen molar-refractivity contribution in [3.05, 3.63) is 124 Å². The zero-order chi connectivity index (χ0) is 51.3. The number of esters is 1. The van der Waals surface area contributed by atoms with E-state index in [0.29, 0.717) is 88.0 Å². The van der Waals surface area contributed by atoms with Crippen molar-refractivity contribution in [2.45, 2.75) is 89.8 Å². The lowest BCUT2D eigenvalue weighted by atomic mass is 10.1. The number of para-hydroxylation sites is 2. The number of amides is 5. The fourth-order valence-electron chi connectivity index (χ4n) is 9.39. The highest BCUT2D eigenvalue weighted by Crippen LogP contribution is 2.43. The lowest BCUT2D eigenvalue weighted by Crippen LogP contribution is -2.50. The van der Waals surface area contributed by atoms with E-state index < -0.39 is 23.9 Å². The van der Waals surface area contributed by atoms with Crippen LogP contribution in [0.4, 0.5) is 28.4 Å². The number of carbonyl (C=O) groups excluding carboxylic acids is 6. The summed E-state index contributed by atoms with van der Waals surface area (Å²) in [7, 11) is 4.28. The highest BCUT2D eigenvalue weighted by atomic mass is 16.5. The van der Waals surface area contributed by atoms with Gasteiger partial charge in [-0.3, -0.25) is 48.6 Å². The molecule has 18 nitrogen and oxygen atoms in total. The molecule has 0 saturated heterocycles. The number of anilines is 3. The van der Waals surface area contributed by atoms with Gasteiger partial charge in [-0.15, -0.1) is 0 Å². The monoisotopic (exact) mass is 989 g/mol. The van der Waals surface area contributed by atoms with E-state index in [0.717, 1.165) is 22.5 Å². The molecule has 0 unspecified atom stereocenters. The summed E-state index contributed by atoms with van der Waals surface area (Å²) in [5.41, 5.74) is 6.97. The number of carbonyl (C=O) groups is 6. The molecule has 0 bridgehead atoms. The van der Waals surface area contributed by atoms with Crippen LogP contribution in [0.3, 0.4) is 0 Å². The number of hydrogen-bond donors (Lipinski definition) is 3. The maximum absolute atomic E-state index is 14.1. The van der Waals surface area contributed by atoms with Crippen molar-refractivity contribution in [1.29, 1.82) is 0 Å². The Bertz CT molecular complexity index is 2920. The first-order valence-electron chi connectivity index (χ1n) is 24.0. The Morgan fingerprint density at radius 2 is 1.11 bits per heavy atom. The van der Waals surface area contributed by atoms with E-state index in [9.17, 15) is 28.8 Å². The average molecular weight is 990 g/mol. The van der Waals surface area contributed by atoms with Crippen LogP contribution in [0.15, 0.2) is 101 Å². The second kappa shape index (κ2) is 21.4. The summed E-state index contributed by atoms with van der Waals surface area (Å²) >= 11 is 0. The van der Waals surface area contributed by atoms with Crippen molar-refractivity contribution in [3.63, 3.8) is 0 Å². The number of fused-ring (bicyclic) bond motifs is 8. The van der Waals surface area contributed by atoms with Crippen LogP contribution in [0.5, 0.6) is 23.0 Å². The van der Waals surface area contributed by atoms with Gasteiger partial charge in [0.25, 0.3) is 11.8 Å². The molecule has 5 aromatic rings. The van der Waals surface area contributed by atoms with E-state index in [-0.39, 0.29) is 61.8 Å². The summed E-state index contributed by atoms with van der Waals surface area (Å²) in [6.07, 6.45) is 6.04. The molecular weight excluding hydrogens is 935 g/mol. The number of ether oxygens (including phenoxy) is 5. The largest absolute Gasteiger partial charge is 0.493 e. The van der Waals surface area contributed by atoms with Crippen molar-refractivity contribution in [2.75, 3.05) is 36.4 Å². The minimum atomic E-state index is -1.03. The first-order chi connectivity index (χ1) is 35.3.